The van der Waals surface area contributed by atoms with Gasteiger partial charge in [-0.25, -0.2) is 4.98 Å². The van der Waals surface area contributed by atoms with Crippen LogP contribution in [0, 0.1) is 6.92 Å². The van der Waals surface area contributed by atoms with E-state index in [1.807, 2.05) is 6.20 Å². The van der Waals surface area contributed by atoms with Gasteiger partial charge in [0, 0.05) is 18.9 Å². The molecule has 1 aromatic rings. The predicted molar refractivity (Wildman–Crippen MR) is 57.1 cm³/mol. The molecule has 0 aromatic carbocycles. The van der Waals surface area contributed by atoms with Crippen molar-refractivity contribution in [3.8, 4) is 0 Å². The van der Waals surface area contributed by atoms with Crippen molar-refractivity contribution in [2.45, 2.75) is 44.6 Å². The summed E-state index contributed by atoms with van der Waals surface area (Å²) in [4.78, 5) is 4.29. The normalized spacial score (nSPS) is 21.0. The highest BCUT2D eigenvalue weighted by Crippen LogP contribution is 2.34. The van der Waals surface area contributed by atoms with Gasteiger partial charge in [0.1, 0.15) is 5.82 Å². The molecule has 1 saturated carbocycles. The van der Waals surface area contributed by atoms with E-state index >= 15 is 0 Å². The summed E-state index contributed by atoms with van der Waals surface area (Å²) in [6.45, 7) is 2.80. The Hall–Kier alpha value is -0.830. The number of imidazole rings is 1. The van der Waals surface area contributed by atoms with Crippen molar-refractivity contribution in [3.05, 3.63) is 18.2 Å². The number of rotatable bonds is 2. The van der Waals surface area contributed by atoms with Crippen LogP contribution in [-0.4, -0.2) is 16.1 Å². The summed E-state index contributed by atoms with van der Waals surface area (Å²) in [6, 6.07) is 0. The number of aromatic nitrogens is 2. The molecule has 1 aromatic heterocycles. The van der Waals surface area contributed by atoms with Gasteiger partial charge in [0.15, 0.2) is 0 Å². The molecular formula is C11H19N3. The highest BCUT2D eigenvalue weighted by Gasteiger charge is 2.32. The van der Waals surface area contributed by atoms with Crippen molar-refractivity contribution in [2.75, 3.05) is 6.54 Å². The third-order valence-corrected chi connectivity index (χ3v) is 3.50. The number of aryl methyl sites for hydroxylation is 1. The minimum absolute atomic E-state index is 0.166. The van der Waals surface area contributed by atoms with Crippen molar-refractivity contribution in [3.63, 3.8) is 0 Å². The molecule has 78 valence electrons. The van der Waals surface area contributed by atoms with E-state index in [-0.39, 0.29) is 5.54 Å². The topological polar surface area (TPSA) is 43.8 Å². The fraction of sp³-hybridized carbons (Fsp3) is 0.727. The Labute approximate surface area is 85.3 Å². The van der Waals surface area contributed by atoms with Crippen LogP contribution in [0.4, 0.5) is 0 Å². The van der Waals surface area contributed by atoms with Crippen LogP contribution in [0.25, 0.3) is 0 Å². The van der Waals surface area contributed by atoms with Crippen LogP contribution in [0.3, 0.4) is 0 Å². The third-order valence-electron chi connectivity index (χ3n) is 3.50. The smallest absolute Gasteiger partial charge is 0.106 e. The van der Waals surface area contributed by atoms with Crippen LogP contribution in [0.5, 0.6) is 0 Å². The monoisotopic (exact) mass is 193 g/mol. The minimum Gasteiger partial charge on any atom is -0.328 e. The highest BCUT2D eigenvalue weighted by molar-refractivity contribution is 5.01. The van der Waals surface area contributed by atoms with Crippen LogP contribution in [-0.2, 0) is 5.54 Å². The predicted octanol–water partition coefficient (Wildman–Crippen LogP) is 1.81. The number of hydrogen-bond donors (Lipinski definition) is 1. The van der Waals surface area contributed by atoms with Crippen molar-refractivity contribution in [2.24, 2.45) is 5.73 Å². The van der Waals surface area contributed by atoms with Gasteiger partial charge in [-0.1, -0.05) is 19.3 Å². The summed E-state index contributed by atoms with van der Waals surface area (Å²) in [5, 5.41) is 0. The van der Waals surface area contributed by atoms with Crippen LogP contribution >= 0.6 is 0 Å². The van der Waals surface area contributed by atoms with Gasteiger partial charge >= 0.3 is 0 Å². The molecule has 1 aliphatic rings. The van der Waals surface area contributed by atoms with Crippen LogP contribution in [0.1, 0.15) is 37.9 Å². The van der Waals surface area contributed by atoms with Crippen molar-refractivity contribution in [1.29, 1.82) is 0 Å². The van der Waals surface area contributed by atoms with Crippen molar-refractivity contribution >= 4 is 0 Å². The van der Waals surface area contributed by atoms with E-state index in [1.54, 1.807) is 0 Å². The Morgan fingerprint density at radius 3 is 2.64 bits per heavy atom. The van der Waals surface area contributed by atoms with Gasteiger partial charge in [0.25, 0.3) is 0 Å². The standard InChI is InChI=1S/C11H19N3/c1-10-13-7-8-14(10)11(9-12)5-3-2-4-6-11/h7-8H,2-6,9,12H2,1H3. The van der Waals surface area contributed by atoms with Crippen LogP contribution in [0.15, 0.2) is 12.4 Å². The molecule has 1 fully saturated rings. The Morgan fingerprint density at radius 2 is 2.14 bits per heavy atom. The first-order valence-electron chi connectivity index (χ1n) is 5.49. The van der Waals surface area contributed by atoms with E-state index in [9.17, 15) is 0 Å². The van der Waals surface area contributed by atoms with Crippen LogP contribution < -0.4 is 5.73 Å². The molecular weight excluding hydrogens is 174 g/mol. The maximum Gasteiger partial charge on any atom is 0.106 e. The molecule has 0 radical (unpaired) electrons. The zero-order chi connectivity index (χ0) is 10.0. The summed E-state index contributed by atoms with van der Waals surface area (Å²) in [5.74, 6) is 1.09. The molecule has 0 amide bonds. The first-order chi connectivity index (χ1) is 6.78. The lowest BCUT2D eigenvalue weighted by atomic mass is 9.81. The molecule has 2 rings (SSSR count). The average molecular weight is 193 g/mol. The largest absolute Gasteiger partial charge is 0.328 e. The van der Waals surface area contributed by atoms with E-state index < -0.39 is 0 Å². The summed E-state index contributed by atoms with van der Waals surface area (Å²) >= 11 is 0. The second-order valence-corrected chi connectivity index (χ2v) is 4.33. The zero-order valence-electron chi connectivity index (χ0n) is 8.87. The first-order valence-corrected chi connectivity index (χ1v) is 5.49. The Morgan fingerprint density at radius 1 is 1.43 bits per heavy atom. The summed E-state index contributed by atoms with van der Waals surface area (Å²) in [6.07, 6.45) is 10.3. The lowest BCUT2D eigenvalue weighted by Gasteiger charge is -2.38. The molecule has 2 N–H and O–H groups in total. The second-order valence-electron chi connectivity index (χ2n) is 4.33. The lowest BCUT2D eigenvalue weighted by Crippen LogP contribution is -2.43. The Balaban J connectivity index is 2.31. The van der Waals surface area contributed by atoms with Gasteiger partial charge < -0.3 is 10.3 Å². The third kappa shape index (κ3) is 1.46. The van der Waals surface area contributed by atoms with Crippen molar-refractivity contribution in [1.82, 2.24) is 9.55 Å². The molecule has 1 heterocycles. The van der Waals surface area contributed by atoms with Gasteiger partial charge in [0.2, 0.25) is 0 Å². The van der Waals surface area contributed by atoms with Gasteiger partial charge in [-0.05, 0) is 19.8 Å². The molecule has 3 nitrogen and oxygen atoms in total. The molecule has 1 aliphatic carbocycles. The molecule has 0 spiro atoms. The molecule has 0 bridgehead atoms. The molecule has 0 atom stereocenters. The second kappa shape index (κ2) is 3.73. The lowest BCUT2D eigenvalue weighted by molar-refractivity contribution is 0.198. The SMILES string of the molecule is Cc1nccn1C1(CN)CCCCC1. The molecule has 0 saturated heterocycles. The Kier molecular flexibility index (Phi) is 2.59. The summed E-state index contributed by atoms with van der Waals surface area (Å²) < 4.78 is 2.28. The van der Waals surface area contributed by atoms with Crippen LogP contribution in [0.2, 0.25) is 0 Å². The van der Waals surface area contributed by atoms with E-state index in [1.165, 1.54) is 32.1 Å². The fourth-order valence-corrected chi connectivity index (χ4v) is 2.63. The van der Waals surface area contributed by atoms with E-state index in [0.29, 0.717) is 0 Å². The zero-order valence-corrected chi connectivity index (χ0v) is 8.87. The van der Waals surface area contributed by atoms with E-state index in [0.717, 1.165) is 12.4 Å². The fourth-order valence-electron chi connectivity index (χ4n) is 2.63. The Bertz CT molecular complexity index is 297. The minimum atomic E-state index is 0.166. The maximum atomic E-state index is 5.95. The maximum absolute atomic E-state index is 5.95. The van der Waals surface area contributed by atoms with E-state index in [4.69, 9.17) is 5.73 Å². The molecule has 0 unspecified atom stereocenters. The van der Waals surface area contributed by atoms with Gasteiger partial charge in [-0.3, -0.25) is 0 Å². The quantitative estimate of drug-likeness (QED) is 0.778. The molecule has 0 aliphatic heterocycles. The molecule has 3 heteroatoms. The van der Waals surface area contributed by atoms with Crippen molar-refractivity contribution < 1.29 is 0 Å². The number of nitrogens with zero attached hydrogens (tertiary/aromatic N) is 2. The number of nitrogens with two attached hydrogens (primary N) is 1. The summed E-state index contributed by atoms with van der Waals surface area (Å²) in [7, 11) is 0. The van der Waals surface area contributed by atoms with Gasteiger partial charge in [-0.15, -0.1) is 0 Å². The van der Waals surface area contributed by atoms with Gasteiger partial charge in [0.05, 0.1) is 5.54 Å². The summed E-state index contributed by atoms with van der Waals surface area (Å²) in [5.41, 5.74) is 6.12. The van der Waals surface area contributed by atoms with E-state index in [2.05, 4.69) is 22.7 Å². The van der Waals surface area contributed by atoms with Gasteiger partial charge in [-0.2, -0.15) is 0 Å². The molecule has 14 heavy (non-hydrogen) atoms. The average Bonchev–Trinajstić information content (AvgIpc) is 2.66. The first kappa shape index (κ1) is 9.71. The number of hydrogen-bond acceptors (Lipinski definition) is 2. The highest BCUT2D eigenvalue weighted by atomic mass is 15.1.